The molecule has 0 saturated carbocycles. The Morgan fingerprint density at radius 2 is 1.69 bits per heavy atom. The largest absolute Gasteiger partial charge is 0.420 e. The van der Waals surface area contributed by atoms with E-state index in [9.17, 15) is 9.59 Å². The van der Waals surface area contributed by atoms with Gasteiger partial charge in [0, 0.05) is 38.8 Å². The number of amides is 2. The minimum Gasteiger partial charge on any atom is -0.420 e. The van der Waals surface area contributed by atoms with Crippen molar-refractivity contribution in [2.45, 2.75) is 5.54 Å². The quantitative estimate of drug-likeness (QED) is 0.470. The van der Waals surface area contributed by atoms with Crippen molar-refractivity contribution < 1.29 is 13.8 Å². The Bertz CT molecular complexity index is 1300. The summed E-state index contributed by atoms with van der Waals surface area (Å²) >= 11 is 13.5. The van der Waals surface area contributed by atoms with Gasteiger partial charge in [0.25, 0.3) is 11.8 Å². The second-order valence-corrected chi connectivity index (χ2v) is 8.67. The third kappa shape index (κ3) is 2.94. The van der Waals surface area contributed by atoms with Crippen molar-refractivity contribution in [2.75, 3.05) is 16.5 Å². The summed E-state index contributed by atoms with van der Waals surface area (Å²) in [6, 6.07) is 21.3. The van der Waals surface area contributed by atoms with Crippen molar-refractivity contribution in [3.8, 4) is 0 Å². The fourth-order valence-corrected chi connectivity index (χ4v) is 5.09. The Kier molecular flexibility index (Phi) is 5.16. The van der Waals surface area contributed by atoms with E-state index < -0.39 is 11.4 Å². The molecule has 1 atom stereocenters. The SMILES string of the molecule is CSOC1=C(c2ccccc2)C2(C(=O)Nc3cc(Cl)ccc32)N(c2cccc(Cl)c2)C1=O. The van der Waals surface area contributed by atoms with Crippen LogP contribution in [-0.4, -0.2) is 18.1 Å². The van der Waals surface area contributed by atoms with Crippen LogP contribution in [0.4, 0.5) is 11.4 Å². The normalized spacial score (nSPS) is 19.5. The van der Waals surface area contributed by atoms with Gasteiger partial charge in [-0.05, 0) is 35.9 Å². The molecular formula is C24H16Cl2N2O3S. The van der Waals surface area contributed by atoms with Gasteiger partial charge in [0.15, 0.2) is 5.54 Å². The van der Waals surface area contributed by atoms with Crippen LogP contribution < -0.4 is 10.2 Å². The number of benzene rings is 3. The second kappa shape index (κ2) is 7.89. The highest BCUT2D eigenvalue weighted by molar-refractivity contribution is 7.94. The van der Waals surface area contributed by atoms with Crippen LogP contribution in [0.3, 0.4) is 0 Å². The van der Waals surface area contributed by atoms with Crippen LogP contribution >= 0.6 is 35.2 Å². The number of halogens is 2. The summed E-state index contributed by atoms with van der Waals surface area (Å²) in [5, 5.41) is 3.84. The van der Waals surface area contributed by atoms with E-state index in [4.69, 9.17) is 27.4 Å². The van der Waals surface area contributed by atoms with Gasteiger partial charge in [-0.15, -0.1) is 0 Å². The molecular weight excluding hydrogens is 467 g/mol. The lowest BCUT2D eigenvalue weighted by molar-refractivity contribution is -0.123. The lowest BCUT2D eigenvalue weighted by Crippen LogP contribution is -2.50. The second-order valence-electron chi connectivity index (χ2n) is 7.30. The summed E-state index contributed by atoms with van der Waals surface area (Å²) < 4.78 is 5.80. The van der Waals surface area contributed by atoms with Crippen LogP contribution in [0, 0.1) is 0 Å². The smallest absolute Gasteiger partial charge is 0.296 e. The van der Waals surface area contributed by atoms with Gasteiger partial charge >= 0.3 is 0 Å². The number of carbonyl (C=O) groups is 2. The molecule has 2 amide bonds. The van der Waals surface area contributed by atoms with Gasteiger partial charge in [-0.1, -0.05) is 65.7 Å². The highest BCUT2D eigenvalue weighted by Crippen LogP contribution is 2.56. The fraction of sp³-hybridized carbons (Fsp3) is 0.0833. The molecule has 5 nitrogen and oxygen atoms in total. The molecule has 3 aromatic rings. The van der Waals surface area contributed by atoms with E-state index in [-0.39, 0.29) is 11.7 Å². The first-order valence-corrected chi connectivity index (χ1v) is 11.6. The first-order chi connectivity index (χ1) is 15.5. The van der Waals surface area contributed by atoms with E-state index in [1.54, 1.807) is 48.7 Å². The topological polar surface area (TPSA) is 58.6 Å². The van der Waals surface area contributed by atoms with Crippen molar-refractivity contribution in [1.82, 2.24) is 0 Å². The van der Waals surface area contributed by atoms with Crippen molar-refractivity contribution >= 4 is 64.0 Å². The molecule has 5 rings (SSSR count). The molecule has 160 valence electrons. The summed E-state index contributed by atoms with van der Waals surface area (Å²) in [4.78, 5) is 29.2. The zero-order chi connectivity index (χ0) is 22.5. The molecule has 3 aromatic carbocycles. The molecule has 8 heteroatoms. The van der Waals surface area contributed by atoms with E-state index >= 15 is 0 Å². The number of carbonyl (C=O) groups excluding carboxylic acids is 2. The highest BCUT2D eigenvalue weighted by atomic mass is 35.5. The molecule has 0 aromatic heterocycles. The molecule has 1 unspecified atom stereocenters. The summed E-state index contributed by atoms with van der Waals surface area (Å²) in [5.74, 6) is -0.707. The van der Waals surface area contributed by atoms with Crippen LogP contribution in [0.1, 0.15) is 11.1 Å². The molecule has 32 heavy (non-hydrogen) atoms. The van der Waals surface area contributed by atoms with Gasteiger partial charge in [0.1, 0.15) is 0 Å². The average molecular weight is 483 g/mol. The maximum Gasteiger partial charge on any atom is 0.296 e. The average Bonchev–Trinajstić information content (AvgIpc) is 3.20. The Labute approximate surface area is 199 Å². The lowest BCUT2D eigenvalue weighted by Gasteiger charge is -2.35. The van der Waals surface area contributed by atoms with Crippen LogP contribution in [0.2, 0.25) is 10.0 Å². The minimum absolute atomic E-state index is 0.0987. The van der Waals surface area contributed by atoms with Gasteiger partial charge in [-0.2, -0.15) is 0 Å². The molecule has 0 bridgehead atoms. The van der Waals surface area contributed by atoms with Crippen LogP contribution in [0.15, 0.2) is 78.6 Å². The maximum absolute atomic E-state index is 13.9. The molecule has 0 fully saturated rings. The van der Waals surface area contributed by atoms with Gasteiger partial charge in [-0.3, -0.25) is 14.5 Å². The first kappa shape index (κ1) is 20.9. The van der Waals surface area contributed by atoms with Crippen LogP contribution in [-0.2, 0) is 19.3 Å². The van der Waals surface area contributed by atoms with Gasteiger partial charge < -0.3 is 9.50 Å². The van der Waals surface area contributed by atoms with Gasteiger partial charge in [-0.25, -0.2) is 0 Å². The van der Waals surface area contributed by atoms with Crippen molar-refractivity contribution in [2.24, 2.45) is 0 Å². The van der Waals surface area contributed by atoms with Gasteiger partial charge in [0.05, 0.1) is 12.0 Å². The predicted octanol–water partition coefficient (Wildman–Crippen LogP) is 5.89. The highest BCUT2D eigenvalue weighted by Gasteiger charge is 2.63. The lowest BCUT2D eigenvalue weighted by atomic mass is 9.80. The molecule has 2 aliphatic rings. The number of hydrogen-bond acceptors (Lipinski definition) is 4. The number of hydrogen-bond donors (Lipinski definition) is 1. The van der Waals surface area contributed by atoms with Crippen molar-refractivity contribution in [1.29, 1.82) is 0 Å². The van der Waals surface area contributed by atoms with Crippen LogP contribution in [0.25, 0.3) is 5.57 Å². The number of rotatable bonds is 4. The summed E-state index contributed by atoms with van der Waals surface area (Å²) in [5.41, 5.74) is 1.31. The Hall–Kier alpha value is -2.93. The van der Waals surface area contributed by atoms with Crippen LogP contribution in [0.5, 0.6) is 0 Å². The minimum atomic E-state index is -1.49. The van der Waals surface area contributed by atoms with E-state index in [1.807, 2.05) is 30.3 Å². The standard InChI is InChI=1S/C24H16Cl2N2O3S/c1-32-31-21-20(14-6-3-2-4-7-14)24(18-11-10-16(26)13-19(18)27-23(24)30)28(22(21)29)17-9-5-8-15(25)12-17/h2-13H,1H3,(H,27,30). The molecule has 0 saturated heterocycles. The predicted molar refractivity (Wildman–Crippen MR) is 129 cm³/mol. The Morgan fingerprint density at radius 1 is 0.938 bits per heavy atom. The molecule has 2 aliphatic heterocycles. The number of nitrogens with one attached hydrogen (secondary N) is 1. The zero-order valence-electron chi connectivity index (χ0n) is 16.8. The molecule has 1 N–H and O–H groups in total. The summed E-state index contributed by atoms with van der Waals surface area (Å²) in [6.45, 7) is 0. The third-order valence-corrected chi connectivity index (χ3v) is 6.37. The van der Waals surface area contributed by atoms with Crippen molar-refractivity contribution in [3.05, 3.63) is 99.7 Å². The molecule has 0 radical (unpaired) electrons. The number of fused-ring (bicyclic) bond motifs is 2. The fourth-order valence-electron chi connectivity index (χ4n) is 4.41. The summed E-state index contributed by atoms with van der Waals surface area (Å²) in [7, 11) is 0. The van der Waals surface area contributed by atoms with E-state index in [2.05, 4.69) is 5.32 Å². The molecule has 0 aliphatic carbocycles. The van der Waals surface area contributed by atoms with Gasteiger partial charge in [0.2, 0.25) is 5.76 Å². The summed E-state index contributed by atoms with van der Waals surface area (Å²) in [6.07, 6.45) is 1.72. The van der Waals surface area contributed by atoms with Crippen molar-refractivity contribution in [3.63, 3.8) is 0 Å². The van der Waals surface area contributed by atoms with E-state index in [0.717, 1.165) is 12.0 Å². The number of nitrogens with zero attached hydrogens (tertiary/aromatic N) is 1. The first-order valence-electron chi connectivity index (χ1n) is 9.71. The Balaban J connectivity index is 1.89. The zero-order valence-corrected chi connectivity index (χ0v) is 19.1. The maximum atomic E-state index is 13.9. The van der Waals surface area contributed by atoms with E-state index in [1.165, 1.54) is 4.90 Å². The monoisotopic (exact) mass is 482 g/mol. The molecule has 1 spiro atoms. The molecule has 2 heterocycles. The number of anilines is 2. The third-order valence-electron chi connectivity index (χ3n) is 5.57. The Morgan fingerprint density at radius 3 is 2.41 bits per heavy atom. The van der Waals surface area contributed by atoms with E-state index in [0.29, 0.717) is 38.1 Å².